The molecule has 4 aromatic rings. The number of rotatable bonds is 8. The SMILES string of the molecule is CCOC(=O)c1sc(N2C(=O)c3oc4ccccc4c(=O)c3[C@@H]2c2cccc(OCCC(C)C)c2)nc1C. The van der Waals surface area contributed by atoms with Crippen LogP contribution >= 0.6 is 11.3 Å². The third-order valence-corrected chi connectivity index (χ3v) is 7.50. The van der Waals surface area contributed by atoms with Gasteiger partial charge in [0.25, 0.3) is 5.91 Å². The van der Waals surface area contributed by atoms with Crippen molar-refractivity contribution in [2.24, 2.45) is 5.92 Å². The Balaban J connectivity index is 1.66. The van der Waals surface area contributed by atoms with E-state index in [4.69, 9.17) is 13.9 Å². The minimum Gasteiger partial charge on any atom is -0.494 e. The predicted octanol–water partition coefficient (Wildman–Crippen LogP) is 5.91. The molecular formula is C29H28N2O6S. The van der Waals surface area contributed by atoms with Gasteiger partial charge in [-0.1, -0.05) is 49.4 Å². The Morgan fingerprint density at radius 3 is 2.71 bits per heavy atom. The average molecular weight is 533 g/mol. The van der Waals surface area contributed by atoms with Crippen molar-refractivity contribution in [3.8, 4) is 5.75 Å². The number of nitrogens with zero attached hydrogens (tertiary/aromatic N) is 2. The number of hydrogen-bond donors (Lipinski definition) is 0. The van der Waals surface area contributed by atoms with E-state index in [1.807, 2.05) is 24.3 Å². The van der Waals surface area contributed by atoms with Crippen LogP contribution in [0.1, 0.15) is 70.3 Å². The molecule has 0 bridgehead atoms. The van der Waals surface area contributed by atoms with Crippen LogP contribution in [0.3, 0.4) is 0 Å². The molecule has 9 heteroatoms. The smallest absolute Gasteiger partial charge is 0.350 e. The maximum absolute atomic E-state index is 13.8. The number of aryl methyl sites for hydroxylation is 1. The van der Waals surface area contributed by atoms with Crippen molar-refractivity contribution >= 4 is 39.3 Å². The van der Waals surface area contributed by atoms with E-state index >= 15 is 0 Å². The fraction of sp³-hybridized carbons (Fsp3) is 0.310. The quantitative estimate of drug-likeness (QED) is 0.260. The van der Waals surface area contributed by atoms with Crippen LogP contribution in [0.5, 0.6) is 5.75 Å². The first-order valence-corrected chi connectivity index (χ1v) is 13.4. The second-order valence-corrected chi connectivity index (χ2v) is 10.5. The fourth-order valence-electron chi connectivity index (χ4n) is 4.49. The summed E-state index contributed by atoms with van der Waals surface area (Å²) in [5, 5.41) is 0.666. The highest BCUT2D eigenvalue weighted by atomic mass is 32.1. The van der Waals surface area contributed by atoms with Gasteiger partial charge in [-0.05, 0) is 56.0 Å². The van der Waals surface area contributed by atoms with Gasteiger partial charge in [-0.15, -0.1) is 0 Å². The molecule has 3 heterocycles. The van der Waals surface area contributed by atoms with Crippen molar-refractivity contribution in [1.29, 1.82) is 0 Å². The Morgan fingerprint density at radius 1 is 1.16 bits per heavy atom. The van der Waals surface area contributed by atoms with Gasteiger partial charge in [0.2, 0.25) is 5.76 Å². The van der Waals surface area contributed by atoms with Gasteiger partial charge in [-0.2, -0.15) is 0 Å². The molecule has 0 N–H and O–H groups in total. The van der Waals surface area contributed by atoms with Crippen molar-refractivity contribution in [2.45, 2.75) is 40.2 Å². The van der Waals surface area contributed by atoms with Crippen LogP contribution in [0.2, 0.25) is 0 Å². The van der Waals surface area contributed by atoms with E-state index in [2.05, 4.69) is 18.8 Å². The third kappa shape index (κ3) is 4.58. The summed E-state index contributed by atoms with van der Waals surface area (Å²) >= 11 is 1.05. The van der Waals surface area contributed by atoms with E-state index in [1.165, 1.54) is 4.90 Å². The van der Waals surface area contributed by atoms with Crippen molar-refractivity contribution in [1.82, 2.24) is 4.98 Å². The largest absolute Gasteiger partial charge is 0.494 e. The van der Waals surface area contributed by atoms with Crippen molar-refractivity contribution in [3.05, 3.63) is 86.2 Å². The molecule has 0 saturated heterocycles. The molecule has 0 fully saturated rings. The minimum absolute atomic E-state index is 0.0321. The summed E-state index contributed by atoms with van der Waals surface area (Å²) < 4.78 is 17.2. The topological polar surface area (TPSA) is 98.9 Å². The van der Waals surface area contributed by atoms with Gasteiger partial charge in [0.05, 0.1) is 35.9 Å². The first-order valence-electron chi connectivity index (χ1n) is 12.6. The van der Waals surface area contributed by atoms with Crippen molar-refractivity contribution < 1.29 is 23.5 Å². The number of aromatic nitrogens is 1. The number of carbonyl (C=O) groups excluding carboxylic acids is 2. The van der Waals surface area contributed by atoms with E-state index in [9.17, 15) is 14.4 Å². The summed E-state index contributed by atoms with van der Waals surface area (Å²) in [5.74, 6) is 0.0952. The molecule has 2 aromatic heterocycles. The van der Waals surface area contributed by atoms with Gasteiger partial charge in [0, 0.05) is 0 Å². The molecule has 0 spiro atoms. The predicted molar refractivity (Wildman–Crippen MR) is 145 cm³/mol. The molecule has 1 atom stereocenters. The second-order valence-electron chi connectivity index (χ2n) is 9.48. The van der Waals surface area contributed by atoms with Crippen LogP contribution in [0.4, 0.5) is 5.13 Å². The maximum Gasteiger partial charge on any atom is 0.350 e. The Labute approximate surface area is 223 Å². The van der Waals surface area contributed by atoms with Crippen LogP contribution in [0.25, 0.3) is 11.0 Å². The zero-order chi connectivity index (χ0) is 27.0. The number of anilines is 1. The summed E-state index contributed by atoms with van der Waals surface area (Å²) in [6.45, 7) is 8.44. The van der Waals surface area contributed by atoms with E-state index in [0.29, 0.717) is 45.4 Å². The molecule has 5 rings (SSSR count). The second kappa shape index (κ2) is 10.4. The monoisotopic (exact) mass is 532 g/mol. The maximum atomic E-state index is 13.8. The van der Waals surface area contributed by atoms with E-state index in [1.54, 1.807) is 38.1 Å². The normalized spacial score (nSPS) is 14.8. The summed E-state index contributed by atoms with van der Waals surface area (Å²) in [6.07, 6.45) is 0.895. The number of esters is 1. The molecule has 38 heavy (non-hydrogen) atoms. The van der Waals surface area contributed by atoms with Gasteiger partial charge in [-0.25, -0.2) is 9.78 Å². The van der Waals surface area contributed by atoms with Gasteiger partial charge >= 0.3 is 5.97 Å². The average Bonchev–Trinajstić information content (AvgIpc) is 3.41. The highest BCUT2D eigenvalue weighted by molar-refractivity contribution is 7.17. The van der Waals surface area contributed by atoms with Crippen LogP contribution in [-0.4, -0.2) is 30.1 Å². The lowest BCUT2D eigenvalue weighted by molar-refractivity contribution is 0.0531. The summed E-state index contributed by atoms with van der Waals surface area (Å²) in [5.41, 5.74) is 1.40. The zero-order valence-electron chi connectivity index (χ0n) is 21.6. The Morgan fingerprint density at radius 2 is 1.95 bits per heavy atom. The van der Waals surface area contributed by atoms with Gasteiger partial charge in [0.15, 0.2) is 10.6 Å². The molecule has 1 amide bonds. The van der Waals surface area contributed by atoms with E-state index in [-0.39, 0.29) is 28.5 Å². The van der Waals surface area contributed by atoms with Crippen LogP contribution < -0.4 is 15.1 Å². The number of fused-ring (bicyclic) bond motifs is 2. The first kappa shape index (κ1) is 25.7. The summed E-state index contributed by atoms with van der Waals surface area (Å²) in [6, 6.07) is 13.4. The fourth-order valence-corrected chi connectivity index (χ4v) is 5.48. The van der Waals surface area contributed by atoms with Gasteiger partial charge in [0.1, 0.15) is 16.2 Å². The van der Waals surface area contributed by atoms with Gasteiger partial charge < -0.3 is 13.9 Å². The van der Waals surface area contributed by atoms with Gasteiger partial charge in [-0.3, -0.25) is 14.5 Å². The molecule has 0 aliphatic carbocycles. The van der Waals surface area contributed by atoms with E-state index in [0.717, 1.165) is 17.8 Å². The lowest BCUT2D eigenvalue weighted by Gasteiger charge is -2.23. The molecule has 1 aliphatic rings. The Hall–Kier alpha value is -3.98. The van der Waals surface area contributed by atoms with Crippen LogP contribution in [0.15, 0.2) is 57.7 Å². The molecule has 0 saturated carbocycles. The van der Waals surface area contributed by atoms with E-state index < -0.39 is 17.9 Å². The molecular weight excluding hydrogens is 504 g/mol. The number of ether oxygens (including phenoxy) is 2. The van der Waals surface area contributed by atoms with Crippen LogP contribution in [-0.2, 0) is 4.74 Å². The molecule has 0 radical (unpaired) electrons. The van der Waals surface area contributed by atoms with Crippen molar-refractivity contribution in [2.75, 3.05) is 18.1 Å². The number of amides is 1. The lowest BCUT2D eigenvalue weighted by atomic mass is 9.98. The highest BCUT2D eigenvalue weighted by Crippen LogP contribution is 2.43. The van der Waals surface area contributed by atoms with Crippen molar-refractivity contribution in [3.63, 3.8) is 0 Å². The molecule has 8 nitrogen and oxygen atoms in total. The standard InChI is InChI=1S/C29H28N2O6S/c1-5-35-28(34)26-17(4)30-29(38-26)31-23(18-9-8-10-19(15-18)36-14-13-16(2)3)22-24(32)20-11-6-7-12-21(20)37-25(22)27(31)33/h6-12,15-16,23H,5,13-14H2,1-4H3/t23-/m0/s1. The highest BCUT2D eigenvalue weighted by Gasteiger charge is 2.45. The Kier molecular flexibility index (Phi) is 7.03. The third-order valence-electron chi connectivity index (χ3n) is 6.37. The summed E-state index contributed by atoms with van der Waals surface area (Å²) in [4.78, 5) is 46.4. The zero-order valence-corrected chi connectivity index (χ0v) is 22.5. The number of hydrogen-bond acceptors (Lipinski definition) is 8. The molecule has 0 unspecified atom stereocenters. The summed E-state index contributed by atoms with van der Waals surface area (Å²) in [7, 11) is 0. The number of para-hydroxylation sites is 1. The number of benzene rings is 2. The lowest BCUT2D eigenvalue weighted by Crippen LogP contribution is -2.29. The molecule has 1 aliphatic heterocycles. The Bertz CT molecular complexity index is 1590. The number of carbonyl (C=O) groups is 2. The molecule has 196 valence electrons. The first-order chi connectivity index (χ1) is 18.3. The van der Waals surface area contributed by atoms with Crippen LogP contribution in [0, 0.1) is 12.8 Å². The minimum atomic E-state index is -0.812. The molecule has 2 aromatic carbocycles. The number of thiazole rings is 1.